The van der Waals surface area contributed by atoms with Gasteiger partial charge in [-0.3, -0.25) is 4.79 Å². The van der Waals surface area contributed by atoms with Gasteiger partial charge < -0.3 is 15.4 Å². The molecule has 2 N–H and O–H groups in total. The van der Waals surface area contributed by atoms with Crippen molar-refractivity contribution in [3.05, 3.63) is 65.2 Å². The van der Waals surface area contributed by atoms with Crippen molar-refractivity contribution in [2.75, 3.05) is 19.0 Å². The van der Waals surface area contributed by atoms with Crippen LogP contribution in [0.2, 0.25) is 0 Å². The molecule has 0 spiro atoms. The van der Waals surface area contributed by atoms with Crippen molar-refractivity contribution in [1.29, 1.82) is 0 Å². The molecule has 4 heteroatoms. The van der Waals surface area contributed by atoms with Gasteiger partial charge in [-0.2, -0.15) is 0 Å². The maximum atomic E-state index is 12.4. The molecule has 0 aliphatic heterocycles. The standard InChI is InChI=1S/C18H22N2O2/c1-3-19-12-16-8-4-5-10-17(16)20-18(21)15-9-6-7-14(11-15)13-22-2/h4-11,19H,3,12-13H2,1-2H3,(H,20,21). The molecule has 4 nitrogen and oxygen atoms in total. The number of ether oxygens (including phenoxy) is 1. The Morgan fingerprint density at radius 2 is 1.95 bits per heavy atom. The van der Waals surface area contributed by atoms with Gasteiger partial charge in [0.2, 0.25) is 0 Å². The van der Waals surface area contributed by atoms with Gasteiger partial charge in [0, 0.05) is 24.9 Å². The van der Waals surface area contributed by atoms with Crippen LogP contribution in [0, 0.1) is 0 Å². The average molecular weight is 298 g/mol. The molecule has 0 radical (unpaired) electrons. The number of hydrogen-bond donors (Lipinski definition) is 2. The Balaban J connectivity index is 2.13. The van der Waals surface area contributed by atoms with E-state index >= 15 is 0 Å². The predicted molar refractivity (Wildman–Crippen MR) is 88.9 cm³/mol. The number of anilines is 1. The second-order valence-electron chi connectivity index (χ2n) is 5.02. The highest BCUT2D eigenvalue weighted by Crippen LogP contribution is 2.16. The fourth-order valence-electron chi connectivity index (χ4n) is 2.22. The summed E-state index contributed by atoms with van der Waals surface area (Å²) in [5.41, 5.74) is 3.53. The van der Waals surface area contributed by atoms with Crippen molar-refractivity contribution >= 4 is 11.6 Å². The van der Waals surface area contributed by atoms with Crippen molar-refractivity contribution in [1.82, 2.24) is 5.32 Å². The molecule has 116 valence electrons. The molecule has 0 saturated carbocycles. The zero-order valence-electron chi connectivity index (χ0n) is 13.1. The largest absolute Gasteiger partial charge is 0.380 e. The molecule has 0 heterocycles. The lowest BCUT2D eigenvalue weighted by molar-refractivity contribution is 0.102. The molecular formula is C18H22N2O2. The summed E-state index contributed by atoms with van der Waals surface area (Å²) in [5, 5.41) is 6.26. The minimum absolute atomic E-state index is 0.109. The number of hydrogen-bond acceptors (Lipinski definition) is 3. The molecule has 2 rings (SSSR count). The highest BCUT2D eigenvalue weighted by atomic mass is 16.5. The van der Waals surface area contributed by atoms with Crippen LogP contribution in [0.5, 0.6) is 0 Å². The molecule has 0 aliphatic carbocycles. The summed E-state index contributed by atoms with van der Waals surface area (Å²) in [6.45, 7) is 4.18. The van der Waals surface area contributed by atoms with E-state index in [4.69, 9.17) is 4.74 Å². The van der Waals surface area contributed by atoms with Crippen LogP contribution in [-0.4, -0.2) is 19.6 Å². The topological polar surface area (TPSA) is 50.4 Å². The molecule has 2 aromatic carbocycles. The fraction of sp³-hybridized carbons (Fsp3) is 0.278. The third-order valence-corrected chi connectivity index (χ3v) is 3.33. The molecule has 1 amide bonds. The van der Waals surface area contributed by atoms with E-state index in [0.29, 0.717) is 12.2 Å². The number of amides is 1. The monoisotopic (exact) mass is 298 g/mol. The average Bonchev–Trinajstić information content (AvgIpc) is 2.54. The number of methoxy groups -OCH3 is 1. The number of carbonyl (C=O) groups is 1. The van der Waals surface area contributed by atoms with E-state index in [2.05, 4.69) is 17.6 Å². The first-order valence-corrected chi connectivity index (χ1v) is 7.42. The SMILES string of the molecule is CCNCc1ccccc1NC(=O)c1cccc(COC)c1. The van der Waals surface area contributed by atoms with E-state index in [1.807, 2.05) is 42.5 Å². The molecule has 0 aromatic heterocycles. The normalized spacial score (nSPS) is 10.5. The van der Waals surface area contributed by atoms with Crippen LogP contribution in [0.25, 0.3) is 0 Å². The second kappa shape index (κ2) is 8.32. The van der Waals surface area contributed by atoms with Gasteiger partial charge in [0.25, 0.3) is 5.91 Å². The number of carbonyl (C=O) groups excluding carboxylic acids is 1. The lowest BCUT2D eigenvalue weighted by Gasteiger charge is -2.12. The Morgan fingerprint density at radius 3 is 2.73 bits per heavy atom. The summed E-state index contributed by atoms with van der Waals surface area (Å²) in [6, 6.07) is 15.3. The maximum Gasteiger partial charge on any atom is 0.255 e. The van der Waals surface area contributed by atoms with E-state index < -0.39 is 0 Å². The van der Waals surface area contributed by atoms with Gasteiger partial charge in [0.15, 0.2) is 0 Å². The minimum atomic E-state index is -0.109. The molecule has 0 aliphatic rings. The molecule has 0 unspecified atom stereocenters. The van der Waals surface area contributed by atoms with E-state index in [1.54, 1.807) is 13.2 Å². The van der Waals surface area contributed by atoms with Crippen LogP contribution in [0.1, 0.15) is 28.4 Å². The summed E-state index contributed by atoms with van der Waals surface area (Å²) in [6.07, 6.45) is 0. The van der Waals surface area contributed by atoms with E-state index in [1.165, 1.54) is 0 Å². The van der Waals surface area contributed by atoms with Gasteiger partial charge in [-0.25, -0.2) is 0 Å². The number of benzene rings is 2. The zero-order chi connectivity index (χ0) is 15.8. The Kier molecular flexibility index (Phi) is 6.13. The molecule has 0 fully saturated rings. The second-order valence-corrected chi connectivity index (χ2v) is 5.02. The summed E-state index contributed by atoms with van der Waals surface area (Å²) >= 11 is 0. The summed E-state index contributed by atoms with van der Waals surface area (Å²) in [5.74, 6) is -0.109. The third kappa shape index (κ3) is 4.41. The smallest absolute Gasteiger partial charge is 0.255 e. The van der Waals surface area contributed by atoms with E-state index in [-0.39, 0.29) is 5.91 Å². The van der Waals surface area contributed by atoms with Crippen LogP contribution < -0.4 is 10.6 Å². The van der Waals surface area contributed by atoms with Crippen molar-refractivity contribution in [2.24, 2.45) is 0 Å². The molecule has 0 bridgehead atoms. The van der Waals surface area contributed by atoms with Gasteiger partial charge in [-0.15, -0.1) is 0 Å². The van der Waals surface area contributed by atoms with Crippen LogP contribution in [0.3, 0.4) is 0 Å². The minimum Gasteiger partial charge on any atom is -0.380 e. The number of rotatable bonds is 7. The quantitative estimate of drug-likeness (QED) is 0.825. The molecule has 0 saturated heterocycles. The summed E-state index contributed by atoms with van der Waals surface area (Å²) < 4.78 is 5.10. The molecule has 22 heavy (non-hydrogen) atoms. The Labute approximate surface area is 131 Å². The van der Waals surface area contributed by atoms with E-state index in [0.717, 1.165) is 29.9 Å². The van der Waals surface area contributed by atoms with E-state index in [9.17, 15) is 4.79 Å². The van der Waals surface area contributed by atoms with Gasteiger partial charge in [0.05, 0.1) is 6.61 Å². The highest BCUT2D eigenvalue weighted by Gasteiger charge is 2.09. The Bertz CT molecular complexity index is 626. The van der Waals surface area contributed by atoms with Crippen molar-refractivity contribution < 1.29 is 9.53 Å². The number of para-hydroxylation sites is 1. The summed E-state index contributed by atoms with van der Waals surface area (Å²) in [7, 11) is 1.64. The Hall–Kier alpha value is -2.17. The lowest BCUT2D eigenvalue weighted by Crippen LogP contribution is -2.17. The van der Waals surface area contributed by atoms with Crippen molar-refractivity contribution in [3.8, 4) is 0 Å². The Morgan fingerprint density at radius 1 is 1.14 bits per heavy atom. The van der Waals surface area contributed by atoms with Crippen molar-refractivity contribution in [2.45, 2.75) is 20.1 Å². The van der Waals surface area contributed by atoms with Gasteiger partial charge in [0.1, 0.15) is 0 Å². The molecule has 2 aromatic rings. The first kappa shape index (κ1) is 16.2. The van der Waals surface area contributed by atoms with Gasteiger partial charge in [-0.1, -0.05) is 37.3 Å². The van der Waals surface area contributed by atoms with Crippen molar-refractivity contribution in [3.63, 3.8) is 0 Å². The number of nitrogens with one attached hydrogen (secondary N) is 2. The lowest BCUT2D eigenvalue weighted by atomic mass is 10.1. The predicted octanol–water partition coefficient (Wildman–Crippen LogP) is 3.19. The van der Waals surface area contributed by atoms with Crippen LogP contribution in [0.15, 0.2) is 48.5 Å². The van der Waals surface area contributed by atoms with Gasteiger partial charge in [-0.05, 0) is 35.9 Å². The zero-order valence-corrected chi connectivity index (χ0v) is 13.1. The van der Waals surface area contributed by atoms with Crippen LogP contribution in [0.4, 0.5) is 5.69 Å². The fourth-order valence-corrected chi connectivity index (χ4v) is 2.22. The van der Waals surface area contributed by atoms with Gasteiger partial charge >= 0.3 is 0 Å². The van der Waals surface area contributed by atoms with Crippen LogP contribution >= 0.6 is 0 Å². The maximum absolute atomic E-state index is 12.4. The van der Waals surface area contributed by atoms with Crippen LogP contribution in [-0.2, 0) is 17.9 Å². The first-order valence-electron chi connectivity index (χ1n) is 7.42. The molecular weight excluding hydrogens is 276 g/mol. The third-order valence-electron chi connectivity index (χ3n) is 3.33. The molecule has 0 atom stereocenters. The highest BCUT2D eigenvalue weighted by molar-refractivity contribution is 6.04. The first-order chi connectivity index (χ1) is 10.7. The summed E-state index contributed by atoms with van der Waals surface area (Å²) in [4.78, 5) is 12.4.